The topological polar surface area (TPSA) is 30.0 Å². The number of fused-ring (bicyclic) bond motifs is 1. The van der Waals surface area contributed by atoms with Gasteiger partial charge in [-0.05, 0) is 47.9 Å². The van der Waals surface area contributed by atoms with Gasteiger partial charge < -0.3 is 0 Å². The van der Waals surface area contributed by atoms with Crippen LogP contribution in [-0.2, 0) is 17.6 Å². The summed E-state index contributed by atoms with van der Waals surface area (Å²) in [5.41, 5.74) is 2.30. The molecule has 0 radical (unpaired) electrons. The molecule has 2 aromatic heterocycles. The first kappa shape index (κ1) is 11.6. The van der Waals surface area contributed by atoms with Crippen molar-refractivity contribution in [2.75, 3.05) is 0 Å². The van der Waals surface area contributed by atoms with Crippen LogP contribution >= 0.6 is 11.3 Å². The second-order valence-corrected chi connectivity index (χ2v) is 5.75. The predicted octanol–water partition coefficient (Wildman–Crippen LogP) is 3.37. The molecule has 1 atom stereocenters. The lowest BCUT2D eigenvalue weighted by Gasteiger charge is -2.21. The van der Waals surface area contributed by atoms with Gasteiger partial charge in [0.25, 0.3) is 0 Å². The highest BCUT2D eigenvalue weighted by Gasteiger charge is 2.26. The summed E-state index contributed by atoms with van der Waals surface area (Å²) in [6.07, 6.45) is 7.32. The Labute approximate surface area is 111 Å². The van der Waals surface area contributed by atoms with Crippen LogP contribution in [0.1, 0.15) is 34.8 Å². The fourth-order valence-electron chi connectivity index (χ4n) is 2.65. The van der Waals surface area contributed by atoms with Crippen molar-refractivity contribution in [1.29, 1.82) is 0 Å². The molecule has 2 aromatic rings. The van der Waals surface area contributed by atoms with Gasteiger partial charge in [0.05, 0.1) is 0 Å². The third-order valence-corrected chi connectivity index (χ3v) is 4.54. The van der Waals surface area contributed by atoms with Crippen LogP contribution in [0.25, 0.3) is 0 Å². The van der Waals surface area contributed by atoms with E-state index in [1.54, 1.807) is 23.7 Å². The normalized spacial score (nSPS) is 18.3. The highest BCUT2D eigenvalue weighted by atomic mass is 32.1. The highest BCUT2D eigenvalue weighted by molar-refractivity contribution is 7.10. The predicted molar refractivity (Wildman–Crippen MR) is 72.9 cm³/mol. The maximum atomic E-state index is 12.4. The Morgan fingerprint density at radius 1 is 1.44 bits per heavy atom. The number of hydrogen-bond acceptors (Lipinski definition) is 3. The summed E-state index contributed by atoms with van der Waals surface area (Å²) in [5, 5.41) is 2.11. The SMILES string of the molecule is O=C(Cc1cccnc1)C1CCCc2sccc21. The van der Waals surface area contributed by atoms with Crippen molar-refractivity contribution < 1.29 is 4.79 Å². The smallest absolute Gasteiger partial charge is 0.144 e. The molecule has 2 heterocycles. The van der Waals surface area contributed by atoms with Gasteiger partial charge in [0.15, 0.2) is 0 Å². The van der Waals surface area contributed by atoms with Crippen LogP contribution in [-0.4, -0.2) is 10.8 Å². The van der Waals surface area contributed by atoms with Gasteiger partial charge in [0.1, 0.15) is 5.78 Å². The van der Waals surface area contributed by atoms with E-state index in [1.165, 1.54) is 10.4 Å². The first-order valence-electron chi connectivity index (χ1n) is 6.32. The third-order valence-electron chi connectivity index (χ3n) is 3.54. The van der Waals surface area contributed by atoms with E-state index in [0.717, 1.165) is 24.8 Å². The van der Waals surface area contributed by atoms with Crippen molar-refractivity contribution in [2.45, 2.75) is 31.6 Å². The summed E-state index contributed by atoms with van der Waals surface area (Å²) in [4.78, 5) is 17.9. The molecule has 0 spiro atoms. The number of pyridine rings is 1. The number of hydrogen-bond donors (Lipinski definition) is 0. The van der Waals surface area contributed by atoms with E-state index in [0.29, 0.717) is 12.2 Å². The Morgan fingerprint density at radius 2 is 2.39 bits per heavy atom. The van der Waals surface area contributed by atoms with Crippen molar-refractivity contribution in [3.63, 3.8) is 0 Å². The molecule has 1 unspecified atom stereocenters. The molecule has 0 saturated heterocycles. The second-order valence-electron chi connectivity index (χ2n) is 4.75. The van der Waals surface area contributed by atoms with E-state index in [1.807, 2.05) is 12.1 Å². The van der Waals surface area contributed by atoms with Gasteiger partial charge in [-0.2, -0.15) is 0 Å². The maximum absolute atomic E-state index is 12.4. The summed E-state index contributed by atoms with van der Waals surface area (Å²) < 4.78 is 0. The summed E-state index contributed by atoms with van der Waals surface area (Å²) in [7, 11) is 0. The first-order chi connectivity index (χ1) is 8.84. The highest BCUT2D eigenvalue weighted by Crippen LogP contribution is 2.35. The lowest BCUT2D eigenvalue weighted by atomic mass is 9.83. The van der Waals surface area contributed by atoms with Crippen LogP contribution in [0.2, 0.25) is 0 Å². The molecule has 3 rings (SSSR count). The van der Waals surface area contributed by atoms with Crippen molar-refractivity contribution >= 4 is 17.1 Å². The first-order valence-corrected chi connectivity index (χ1v) is 7.20. The minimum Gasteiger partial charge on any atom is -0.299 e. The van der Waals surface area contributed by atoms with E-state index >= 15 is 0 Å². The molecule has 92 valence electrons. The Hall–Kier alpha value is -1.48. The molecular formula is C15H15NOS. The van der Waals surface area contributed by atoms with Crippen molar-refractivity contribution in [1.82, 2.24) is 4.98 Å². The van der Waals surface area contributed by atoms with Crippen molar-refractivity contribution in [3.05, 3.63) is 52.0 Å². The fraction of sp³-hybridized carbons (Fsp3) is 0.333. The van der Waals surface area contributed by atoms with Crippen LogP contribution in [0.5, 0.6) is 0 Å². The third kappa shape index (κ3) is 2.23. The van der Waals surface area contributed by atoms with Gasteiger partial charge in [0, 0.05) is 29.6 Å². The summed E-state index contributed by atoms with van der Waals surface area (Å²) in [6, 6.07) is 5.99. The number of carbonyl (C=O) groups excluding carboxylic acids is 1. The van der Waals surface area contributed by atoms with Crippen LogP contribution in [0, 0.1) is 0 Å². The Kier molecular flexibility index (Phi) is 3.24. The van der Waals surface area contributed by atoms with Crippen molar-refractivity contribution in [2.24, 2.45) is 0 Å². The zero-order valence-corrected chi connectivity index (χ0v) is 11.0. The summed E-state index contributed by atoms with van der Waals surface area (Å²) >= 11 is 1.79. The van der Waals surface area contributed by atoms with E-state index in [9.17, 15) is 4.79 Å². The molecule has 0 aliphatic heterocycles. The van der Waals surface area contributed by atoms with Gasteiger partial charge in [-0.15, -0.1) is 11.3 Å². The molecular weight excluding hydrogens is 242 g/mol. The average molecular weight is 257 g/mol. The molecule has 3 heteroatoms. The van der Waals surface area contributed by atoms with Crippen LogP contribution in [0.3, 0.4) is 0 Å². The van der Waals surface area contributed by atoms with Gasteiger partial charge in [-0.3, -0.25) is 9.78 Å². The van der Waals surface area contributed by atoms with Gasteiger partial charge in [-0.1, -0.05) is 6.07 Å². The lowest BCUT2D eigenvalue weighted by Crippen LogP contribution is -2.19. The number of Topliss-reactive ketones (excluding diaryl/α,β-unsaturated/α-hetero) is 1. The number of ketones is 1. The zero-order chi connectivity index (χ0) is 12.4. The molecule has 0 bridgehead atoms. The Bertz CT molecular complexity index is 547. The van der Waals surface area contributed by atoms with E-state index < -0.39 is 0 Å². The van der Waals surface area contributed by atoms with E-state index in [2.05, 4.69) is 16.4 Å². The summed E-state index contributed by atoms with van der Waals surface area (Å²) in [5.74, 6) is 0.447. The molecule has 0 saturated carbocycles. The largest absolute Gasteiger partial charge is 0.299 e. The standard InChI is InChI=1S/C15H15NOS/c17-14(9-11-3-2-7-16-10-11)12-4-1-5-15-13(12)6-8-18-15/h2-3,6-8,10,12H,1,4-5,9H2. The average Bonchev–Trinajstić information content (AvgIpc) is 2.87. The van der Waals surface area contributed by atoms with Crippen LogP contribution in [0.15, 0.2) is 36.0 Å². The number of aryl methyl sites for hydroxylation is 1. The molecule has 0 fully saturated rings. The molecule has 0 aromatic carbocycles. The quantitative estimate of drug-likeness (QED) is 0.843. The number of rotatable bonds is 3. The zero-order valence-electron chi connectivity index (χ0n) is 10.1. The minimum atomic E-state index is 0.111. The van der Waals surface area contributed by atoms with Gasteiger partial charge in [0.2, 0.25) is 0 Å². The molecule has 1 aliphatic rings. The van der Waals surface area contributed by atoms with Gasteiger partial charge >= 0.3 is 0 Å². The number of aromatic nitrogens is 1. The minimum absolute atomic E-state index is 0.111. The molecule has 0 N–H and O–H groups in total. The van der Waals surface area contributed by atoms with Crippen molar-refractivity contribution in [3.8, 4) is 0 Å². The lowest BCUT2D eigenvalue weighted by molar-refractivity contribution is -0.120. The van der Waals surface area contributed by atoms with E-state index in [-0.39, 0.29) is 5.92 Å². The summed E-state index contributed by atoms with van der Waals surface area (Å²) in [6.45, 7) is 0. The Morgan fingerprint density at radius 3 is 3.22 bits per heavy atom. The van der Waals surface area contributed by atoms with Gasteiger partial charge in [-0.25, -0.2) is 0 Å². The number of nitrogens with zero attached hydrogens (tertiary/aromatic N) is 1. The second kappa shape index (κ2) is 5.02. The van der Waals surface area contributed by atoms with E-state index in [4.69, 9.17) is 0 Å². The monoisotopic (exact) mass is 257 g/mol. The maximum Gasteiger partial charge on any atom is 0.144 e. The number of carbonyl (C=O) groups is 1. The van der Waals surface area contributed by atoms with Crippen LogP contribution in [0.4, 0.5) is 0 Å². The molecule has 2 nitrogen and oxygen atoms in total. The molecule has 1 aliphatic carbocycles. The van der Waals surface area contributed by atoms with Crippen LogP contribution < -0.4 is 0 Å². The Balaban J connectivity index is 1.79. The molecule has 0 amide bonds. The fourth-order valence-corrected chi connectivity index (χ4v) is 3.64. The molecule has 18 heavy (non-hydrogen) atoms. The number of thiophene rings is 1.